The summed E-state index contributed by atoms with van der Waals surface area (Å²) in [5.74, 6) is 0.846. The number of aromatic nitrogens is 2. The zero-order valence-corrected chi connectivity index (χ0v) is 18.2. The second-order valence-electron chi connectivity index (χ2n) is 8.33. The van der Waals surface area contributed by atoms with Crippen LogP contribution >= 0.6 is 0 Å². The van der Waals surface area contributed by atoms with Crippen molar-refractivity contribution >= 4 is 28.0 Å². The normalized spacial score (nSPS) is 15.1. The van der Waals surface area contributed by atoms with Gasteiger partial charge in [-0.05, 0) is 67.9 Å². The Labute approximate surface area is 190 Å². The maximum atomic E-state index is 13.4. The van der Waals surface area contributed by atoms with Crippen molar-refractivity contribution in [2.75, 3.05) is 0 Å². The number of nitrogens with zero attached hydrogens (tertiary/aromatic N) is 2. The van der Waals surface area contributed by atoms with E-state index in [1.807, 2.05) is 48.5 Å². The lowest BCUT2D eigenvalue weighted by atomic mass is 9.93. The number of ketones is 1. The van der Waals surface area contributed by atoms with Gasteiger partial charge in [0, 0.05) is 23.3 Å². The zero-order chi connectivity index (χ0) is 23.0. The van der Waals surface area contributed by atoms with E-state index in [2.05, 4.69) is 9.97 Å². The van der Waals surface area contributed by atoms with Crippen LogP contribution in [0.25, 0.3) is 22.2 Å². The SMILES string of the molecule is CC1(C)OC(c2ccncc2)=C(c2ccc(OCc3ccc4cc(F)ccc4n3)cc2)C1=O. The monoisotopic (exact) mass is 440 g/mol. The largest absolute Gasteiger partial charge is 0.487 e. The maximum absolute atomic E-state index is 13.4. The number of carbonyl (C=O) groups is 1. The average molecular weight is 440 g/mol. The lowest BCUT2D eigenvalue weighted by Gasteiger charge is -2.17. The molecule has 0 saturated carbocycles. The molecule has 4 aromatic rings. The van der Waals surface area contributed by atoms with Gasteiger partial charge in [-0.25, -0.2) is 9.37 Å². The molecule has 0 N–H and O–H groups in total. The van der Waals surface area contributed by atoms with Gasteiger partial charge in [0.1, 0.15) is 23.9 Å². The van der Waals surface area contributed by atoms with Gasteiger partial charge in [-0.15, -0.1) is 0 Å². The summed E-state index contributed by atoms with van der Waals surface area (Å²) in [4.78, 5) is 21.6. The average Bonchev–Trinajstić information content (AvgIpc) is 3.07. The van der Waals surface area contributed by atoms with Crippen molar-refractivity contribution in [3.8, 4) is 5.75 Å². The minimum atomic E-state index is -0.937. The molecule has 0 spiro atoms. The first-order valence-electron chi connectivity index (χ1n) is 10.6. The van der Waals surface area contributed by atoms with E-state index in [4.69, 9.17) is 9.47 Å². The second-order valence-corrected chi connectivity index (χ2v) is 8.33. The molecule has 33 heavy (non-hydrogen) atoms. The molecule has 5 nitrogen and oxygen atoms in total. The van der Waals surface area contributed by atoms with Crippen molar-refractivity contribution in [3.63, 3.8) is 0 Å². The molecule has 0 fully saturated rings. The smallest absolute Gasteiger partial charge is 0.210 e. The van der Waals surface area contributed by atoms with Crippen LogP contribution in [0.5, 0.6) is 5.75 Å². The maximum Gasteiger partial charge on any atom is 0.210 e. The summed E-state index contributed by atoms with van der Waals surface area (Å²) >= 11 is 0. The summed E-state index contributed by atoms with van der Waals surface area (Å²) in [5.41, 5.74) is 2.62. The molecule has 0 saturated heterocycles. The third-order valence-electron chi connectivity index (χ3n) is 5.54. The zero-order valence-electron chi connectivity index (χ0n) is 18.2. The predicted molar refractivity (Wildman–Crippen MR) is 124 cm³/mol. The lowest BCUT2D eigenvalue weighted by Crippen LogP contribution is -2.29. The standard InChI is InChI=1S/C27H21FN2O3/c1-27(2)26(31)24(25(33-27)18-11-13-29-14-12-18)17-4-8-22(9-5-17)32-16-21-7-3-19-15-20(28)6-10-23(19)30-21/h3-15H,16H2,1-2H3. The number of benzene rings is 2. The van der Waals surface area contributed by atoms with Gasteiger partial charge in [0.2, 0.25) is 5.78 Å². The highest BCUT2D eigenvalue weighted by atomic mass is 19.1. The van der Waals surface area contributed by atoms with E-state index in [0.717, 1.165) is 22.2 Å². The highest BCUT2D eigenvalue weighted by molar-refractivity contribution is 6.32. The highest BCUT2D eigenvalue weighted by Gasteiger charge is 2.42. The fourth-order valence-corrected chi connectivity index (χ4v) is 3.82. The summed E-state index contributed by atoms with van der Waals surface area (Å²) in [6, 6.07) is 19.1. The molecule has 0 unspecified atom stereocenters. The fraction of sp³-hybridized carbons (Fsp3) is 0.148. The fourth-order valence-electron chi connectivity index (χ4n) is 3.82. The molecule has 0 aliphatic carbocycles. The first-order chi connectivity index (χ1) is 15.9. The van der Waals surface area contributed by atoms with Gasteiger partial charge >= 0.3 is 0 Å². The van der Waals surface area contributed by atoms with Crippen molar-refractivity contribution in [1.82, 2.24) is 9.97 Å². The molecule has 5 rings (SSSR count). The van der Waals surface area contributed by atoms with Crippen molar-refractivity contribution in [1.29, 1.82) is 0 Å². The molecule has 1 aliphatic heterocycles. The molecule has 0 atom stereocenters. The Balaban J connectivity index is 1.37. The molecule has 164 valence electrons. The van der Waals surface area contributed by atoms with E-state index in [1.54, 1.807) is 32.3 Å². The number of Topliss-reactive ketones (excluding diaryl/α,β-unsaturated/α-hetero) is 1. The van der Waals surface area contributed by atoms with Crippen molar-refractivity contribution in [2.24, 2.45) is 0 Å². The number of halogens is 1. The van der Waals surface area contributed by atoms with Gasteiger partial charge in [0.05, 0.1) is 16.8 Å². The van der Waals surface area contributed by atoms with Crippen molar-refractivity contribution in [2.45, 2.75) is 26.1 Å². The van der Waals surface area contributed by atoms with Gasteiger partial charge in [0.25, 0.3) is 0 Å². The van der Waals surface area contributed by atoms with E-state index >= 15 is 0 Å². The minimum absolute atomic E-state index is 0.0696. The van der Waals surface area contributed by atoms with E-state index in [9.17, 15) is 9.18 Å². The molecule has 6 heteroatoms. The summed E-state index contributed by atoms with van der Waals surface area (Å²) < 4.78 is 25.3. The first-order valence-corrected chi connectivity index (χ1v) is 10.6. The Morgan fingerprint density at radius 2 is 1.70 bits per heavy atom. The number of hydrogen-bond acceptors (Lipinski definition) is 5. The Bertz CT molecular complexity index is 1380. The Hall–Kier alpha value is -4.06. The van der Waals surface area contributed by atoms with Gasteiger partial charge in [-0.1, -0.05) is 18.2 Å². The molecule has 2 aromatic carbocycles. The van der Waals surface area contributed by atoms with Crippen LogP contribution in [0.2, 0.25) is 0 Å². The van der Waals surface area contributed by atoms with Gasteiger partial charge in [-0.3, -0.25) is 9.78 Å². The second kappa shape index (κ2) is 8.13. The quantitative estimate of drug-likeness (QED) is 0.405. The van der Waals surface area contributed by atoms with E-state index in [1.165, 1.54) is 12.1 Å². The summed E-state index contributed by atoms with van der Waals surface area (Å²) in [6.45, 7) is 3.81. The van der Waals surface area contributed by atoms with Gasteiger partial charge < -0.3 is 9.47 Å². The van der Waals surface area contributed by atoms with E-state index in [0.29, 0.717) is 22.6 Å². The Morgan fingerprint density at radius 1 is 0.939 bits per heavy atom. The topological polar surface area (TPSA) is 61.3 Å². The van der Waals surface area contributed by atoms with Crippen LogP contribution in [0.4, 0.5) is 4.39 Å². The minimum Gasteiger partial charge on any atom is -0.487 e. The van der Waals surface area contributed by atoms with Crippen LogP contribution < -0.4 is 4.74 Å². The summed E-state index contributed by atoms with van der Waals surface area (Å²) in [5, 5.41) is 0.743. The first kappa shape index (κ1) is 20.8. The number of hydrogen-bond donors (Lipinski definition) is 0. The van der Waals surface area contributed by atoms with Crippen LogP contribution in [0.15, 0.2) is 79.1 Å². The number of ether oxygens (including phenoxy) is 2. The number of rotatable bonds is 5. The van der Waals surface area contributed by atoms with Crippen LogP contribution in [-0.4, -0.2) is 21.4 Å². The molecule has 0 bridgehead atoms. The Kier molecular flexibility index (Phi) is 5.13. The third kappa shape index (κ3) is 4.07. The summed E-state index contributed by atoms with van der Waals surface area (Å²) in [6.07, 6.45) is 3.35. The van der Waals surface area contributed by atoms with E-state index in [-0.39, 0.29) is 18.2 Å². The molecular weight excluding hydrogens is 419 g/mol. The van der Waals surface area contributed by atoms with Crippen LogP contribution in [0.1, 0.15) is 30.7 Å². The van der Waals surface area contributed by atoms with Gasteiger partial charge in [-0.2, -0.15) is 0 Å². The van der Waals surface area contributed by atoms with E-state index < -0.39 is 5.60 Å². The van der Waals surface area contributed by atoms with Crippen LogP contribution in [0.3, 0.4) is 0 Å². The van der Waals surface area contributed by atoms with Gasteiger partial charge in [0.15, 0.2) is 5.60 Å². The molecule has 2 aromatic heterocycles. The molecule has 3 heterocycles. The van der Waals surface area contributed by atoms with Crippen LogP contribution in [0, 0.1) is 5.82 Å². The van der Waals surface area contributed by atoms with Crippen molar-refractivity contribution < 1.29 is 18.7 Å². The molecule has 0 amide bonds. The molecule has 0 radical (unpaired) electrons. The highest BCUT2D eigenvalue weighted by Crippen LogP contribution is 2.41. The molecule has 1 aliphatic rings. The number of carbonyl (C=O) groups excluding carboxylic acids is 1. The third-order valence-corrected chi connectivity index (χ3v) is 5.54. The number of fused-ring (bicyclic) bond motifs is 1. The lowest BCUT2D eigenvalue weighted by molar-refractivity contribution is -0.125. The molecular formula is C27H21FN2O3. The van der Waals surface area contributed by atoms with Crippen LogP contribution in [-0.2, 0) is 16.1 Å². The summed E-state index contributed by atoms with van der Waals surface area (Å²) in [7, 11) is 0. The van der Waals surface area contributed by atoms with Crippen molar-refractivity contribution in [3.05, 3.63) is 102 Å². The number of pyridine rings is 2. The predicted octanol–water partition coefficient (Wildman–Crippen LogP) is 5.59. The Morgan fingerprint density at radius 3 is 2.45 bits per heavy atom.